The summed E-state index contributed by atoms with van der Waals surface area (Å²) in [6.45, 7) is 6.75. The average Bonchev–Trinajstić information content (AvgIpc) is 3.17. The van der Waals surface area contributed by atoms with Crippen LogP contribution in [0.3, 0.4) is 0 Å². The average molecular weight is 821 g/mol. The van der Waals surface area contributed by atoms with Gasteiger partial charge in [-0.15, -0.1) is 0 Å². The maximum atomic E-state index is 12.0. The van der Waals surface area contributed by atoms with Crippen molar-refractivity contribution < 1.29 is 25.9 Å². The molecule has 324 valence electrons. The number of hydrogen-bond acceptors (Lipinski definition) is 4. The van der Waals surface area contributed by atoms with Crippen LogP contribution < -0.4 is 0 Å². The molecular weight excluding hydrogens is 737 g/mol. The van der Waals surface area contributed by atoms with Gasteiger partial charge in [0.2, 0.25) is 0 Å². The molecule has 0 unspecified atom stereocenters. The molecule has 0 bridgehead atoms. The lowest BCUT2D eigenvalue weighted by molar-refractivity contribution is 0.479. The molecule has 0 saturated carbocycles. The third kappa shape index (κ3) is 27.0. The SMILES string of the molecule is CCCCCCCCCCCCc1cccc(S(=O)(=O)O)c1CCCCCCCCCCCC.CCCCCCCCCCCCc1ccccc1S(=O)(=O)O. The molecule has 0 heterocycles. The first-order chi connectivity index (χ1) is 27.1. The van der Waals surface area contributed by atoms with E-state index in [1.54, 1.807) is 24.3 Å². The minimum Gasteiger partial charge on any atom is -0.282 e. The molecule has 56 heavy (non-hydrogen) atoms. The Kier molecular flexibility index (Phi) is 31.9. The smallest absolute Gasteiger partial charge is 0.282 e. The molecule has 0 spiro atoms. The zero-order valence-corrected chi connectivity index (χ0v) is 37.9. The van der Waals surface area contributed by atoms with E-state index < -0.39 is 20.2 Å². The Bertz CT molecular complexity index is 1440. The highest BCUT2D eigenvalue weighted by Crippen LogP contribution is 2.25. The first kappa shape index (κ1) is 52.3. The minimum absolute atomic E-state index is 0.0610. The number of benzene rings is 2. The molecule has 0 atom stereocenters. The van der Waals surface area contributed by atoms with Crippen LogP contribution in [0.25, 0.3) is 0 Å². The quantitative estimate of drug-likeness (QED) is 0.0529. The monoisotopic (exact) mass is 821 g/mol. The van der Waals surface area contributed by atoms with Gasteiger partial charge < -0.3 is 0 Å². The molecule has 0 radical (unpaired) electrons. The third-order valence-electron chi connectivity index (χ3n) is 11.1. The highest BCUT2D eigenvalue weighted by molar-refractivity contribution is 7.86. The van der Waals surface area contributed by atoms with Gasteiger partial charge in [0.15, 0.2) is 0 Å². The number of aryl methyl sites for hydroxylation is 2. The molecule has 0 amide bonds. The zero-order chi connectivity index (χ0) is 41.2. The van der Waals surface area contributed by atoms with Gasteiger partial charge >= 0.3 is 0 Å². The molecule has 0 fully saturated rings. The molecule has 2 rings (SSSR count). The van der Waals surface area contributed by atoms with E-state index >= 15 is 0 Å². The van der Waals surface area contributed by atoms with Crippen LogP contribution in [-0.2, 0) is 39.5 Å². The molecule has 2 aromatic rings. The Hall–Kier alpha value is -1.74. The van der Waals surface area contributed by atoms with E-state index in [1.807, 2.05) is 6.07 Å². The highest BCUT2D eigenvalue weighted by atomic mass is 32.2. The summed E-state index contributed by atoms with van der Waals surface area (Å²) in [6, 6.07) is 12.1. The summed E-state index contributed by atoms with van der Waals surface area (Å²) in [7, 11) is -8.27. The minimum atomic E-state index is -4.17. The molecule has 2 N–H and O–H groups in total. The molecule has 0 aromatic heterocycles. The predicted octanol–water partition coefficient (Wildman–Crippen LogP) is 15.3. The summed E-state index contributed by atoms with van der Waals surface area (Å²) >= 11 is 0. The van der Waals surface area contributed by atoms with Crippen LogP contribution in [0.1, 0.15) is 230 Å². The van der Waals surface area contributed by atoms with Crippen molar-refractivity contribution >= 4 is 20.2 Å². The van der Waals surface area contributed by atoms with Gasteiger partial charge in [-0.3, -0.25) is 9.11 Å². The number of hydrogen-bond donors (Lipinski definition) is 2. The fourth-order valence-electron chi connectivity index (χ4n) is 7.73. The third-order valence-corrected chi connectivity index (χ3v) is 13.0. The summed E-state index contributed by atoms with van der Waals surface area (Å²) in [4.78, 5) is 0.193. The molecule has 0 aliphatic carbocycles. The summed E-state index contributed by atoms with van der Waals surface area (Å²) in [6.07, 6.45) is 40.6. The Balaban J connectivity index is 0.000000614. The van der Waals surface area contributed by atoms with Crippen molar-refractivity contribution in [3.63, 3.8) is 0 Å². The van der Waals surface area contributed by atoms with Crippen molar-refractivity contribution in [1.82, 2.24) is 0 Å². The van der Waals surface area contributed by atoms with Gasteiger partial charge in [0.05, 0.1) is 9.79 Å². The van der Waals surface area contributed by atoms with Gasteiger partial charge in [0, 0.05) is 0 Å². The second-order valence-corrected chi connectivity index (χ2v) is 19.0. The highest BCUT2D eigenvalue weighted by Gasteiger charge is 2.18. The van der Waals surface area contributed by atoms with E-state index in [9.17, 15) is 25.9 Å². The fourth-order valence-corrected chi connectivity index (χ4v) is 9.27. The van der Waals surface area contributed by atoms with Gasteiger partial charge in [0.1, 0.15) is 0 Å². The number of unbranched alkanes of at least 4 members (excludes halogenated alkanes) is 27. The molecule has 6 nitrogen and oxygen atoms in total. The largest absolute Gasteiger partial charge is 0.294 e. The first-order valence-corrected chi connectivity index (χ1v) is 26.1. The maximum absolute atomic E-state index is 12.0. The van der Waals surface area contributed by atoms with Crippen molar-refractivity contribution in [2.45, 2.75) is 242 Å². The predicted molar refractivity (Wildman–Crippen MR) is 239 cm³/mol. The van der Waals surface area contributed by atoms with E-state index in [1.165, 1.54) is 167 Å². The fraction of sp³-hybridized carbons (Fsp3) is 0.750. The standard InChI is InChI=1S/C30H54O3S.C18H30O3S/c1-3-5-7-9-11-13-15-17-19-21-24-28-25-23-27-30(34(31,32)33)29(28)26-22-20-18-16-14-12-10-8-6-4-2;1-2-3-4-5-6-7-8-9-10-11-14-17-15-12-13-16-18(17)22(19,20)21/h23,25,27H,3-22,24,26H2,1-2H3,(H,31,32,33);12-13,15-16H,2-11,14H2,1H3,(H,19,20,21). The van der Waals surface area contributed by atoms with Crippen molar-refractivity contribution in [1.29, 1.82) is 0 Å². The van der Waals surface area contributed by atoms with Gasteiger partial charge in [-0.05, 0) is 67.3 Å². The van der Waals surface area contributed by atoms with E-state index in [0.717, 1.165) is 61.6 Å². The molecule has 0 aliphatic heterocycles. The number of rotatable bonds is 35. The lowest BCUT2D eigenvalue weighted by Gasteiger charge is -2.14. The zero-order valence-electron chi connectivity index (χ0n) is 36.2. The first-order valence-electron chi connectivity index (χ1n) is 23.2. The molecular formula is C48H84O6S2. The Morgan fingerprint density at radius 3 is 1.00 bits per heavy atom. The second kappa shape index (κ2) is 34.2. The summed E-state index contributed by atoms with van der Waals surface area (Å²) in [5.41, 5.74) is 2.70. The van der Waals surface area contributed by atoms with Gasteiger partial charge in [-0.2, -0.15) is 16.8 Å². The normalized spacial score (nSPS) is 11.8. The topological polar surface area (TPSA) is 109 Å². The Morgan fingerprint density at radius 1 is 0.339 bits per heavy atom. The summed E-state index contributed by atoms with van der Waals surface area (Å²) in [5, 5.41) is 0. The lowest BCUT2D eigenvalue weighted by Crippen LogP contribution is -2.07. The van der Waals surface area contributed by atoms with Crippen LogP contribution in [0.15, 0.2) is 52.3 Å². The van der Waals surface area contributed by atoms with E-state index in [0.29, 0.717) is 6.42 Å². The summed E-state index contributed by atoms with van der Waals surface area (Å²) in [5.74, 6) is 0. The molecule has 0 aliphatic rings. The van der Waals surface area contributed by atoms with Crippen molar-refractivity contribution in [2.24, 2.45) is 0 Å². The van der Waals surface area contributed by atoms with Crippen LogP contribution in [0, 0.1) is 0 Å². The maximum Gasteiger partial charge on any atom is 0.294 e. The van der Waals surface area contributed by atoms with Crippen molar-refractivity contribution in [3.05, 3.63) is 59.2 Å². The van der Waals surface area contributed by atoms with Gasteiger partial charge in [-0.1, -0.05) is 224 Å². The second-order valence-electron chi connectivity index (χ2n) is 16.2. The lowest BCUT2D eigenvalue weighted by atomic mass is 9.96. The Morgan fingerprint density at radius 2 is 0.625 bits per heavy atom. The molecule has 8 heteroatoms. The van der Waals surface area contributed by atoms with Crippen LogP contribution in [0.2, 0.25) is 0 Å². The van der Waals surface area contributed by atoms with Crippen LogP contribution >= 0.6 is 0 Å². The summed E-state index contributed by atoms with van der Waals surface area (Å²) < 4.78 is 65.5. The van der Waals surface area contributed by atoms with Crippen LogP contribution in [0.4, 0.5) is 0 Å². The molecule has 0 saturated heterocycles. The van der Waals surface area contributed by atoms with Gasteiger partial charge in [0.25, 0.3) is 20.2 Å². The van der Waals surface area contributed by atoms with E-state index in [2.05, 4.69) is 26.8 Å². The van der Waals surface area contributed by atoms with Crippen molar-refractivity contribution in [2.75, 3.05) is 0 Å². The van der Waals surface area contributed by atoms with E-state index in [-0.39, 0.29) is 9.79 Å². The van der Waals surface area contributed by atoms with Gasteiger partial charge in [-0.25, -0.2) is 0 Å². The van der Waals surface area contributed by atoms with Crippen LogP contribution in [0.5, 0.6) is 0 Å². The van der Waals surface area contributed by atoms with Crippen molar-refractivity contribution in [3.8, 4) is 0 Å². The van der Waals surface area contributed by atoms with E-state index in [4.69, 9.17) is 0 Å². The Labute approximate surface area is 346 Å². The van der Waals surface area contributed by atoms with Crippen LogP contribution in [-0.4, -0.2) is 25.9 Å². The molecule has 2 aromatic carbocycles.